The quantitative estimate of drug-likeness (QED) is 0.746. The lowest BCUT2D eigenvalue weighted by atomic mass is 9.85. The smallest absolute Gasteiger partial charge is 0.0105 e. The maximum absolute atomic E-state index is 6.06. The average Bonchev–Trinajstić information content (AvgIpc) is 2.17. The molecule has 3 N–H and O–H groups in total. The predicted molar refractivity (Wildman–Crippen MR) is 70.6 cm³/mol. The van der Waals surface area contributed by atoms with Gasteiger partial charge in [0.05, 0.1) is 0 Å². The Hall–Kier alpha value is -0.120. The summed E-state index contributed by atoms with van der Waals surface area (Å²) in [5, 5.41) is 3.48. The van der Waals surface area contributed by atoms with E-state index >= 15 is 0 Å². The van der Waals surface area contributed by atoms with Crippen molar-refractivity contribution in [2.75, 3.05) is 27.2 Å². The van der Waals surface area contributed by atoms with Gasteiger partial charge in [0.2, 0.25) is 0 Å². The molecule has 1 rings (SSSR count). The molecule has 1 heterocycles. The Labute approximate surface area is 101 Å². The van der Waals surface area contributed by atoms with Gasteiger partial charge in [-0.1, -0.05) is 0 Å². The SMILES string of the molecule is CNC(CCC(C)(C)N)C1CCCN(C)C1. The molecule has 2 atom stereocenters. The van der Waals surface area contributed by atoms with Crippen LogP contribution in [0.5, 0.6) is 0 Å². The zero-order valence-electron chi connectivity index (χ0n) is 11.4. The van der Waals surface area contributed by atoms with Crippen LogP contribution in [0, 0.1) is 5.92 Å². The fourth-order valence-corrected chi connectivity index (χ4v) is 2.68. The summed E-state index contributed by atoms with van der Waals surface area (Å²) in [6, 6.07) is 0.630. The fourth-order valence-electron chi connectivity index (χ4n) is 2.68. The zero-order valence-corrected chi connectivity index (χ0v) is 11.4. The summed E-state index contributed by atoms with van der Waals surface area (Å²) < 4.78 is 0. The van der Waals surface area contributed by atoms with Gasteiger partial charge in [0.1, 0.15) is 0 Å². The van der Waals surface area contributed by atoms with Crippen molar-refractivity contribution in [2.45, 2.75) is 51.1 Å². The average molecular weight is 227 g/mol. The molecule has 0 radical (unpaired) electrons. The standard InChI is InChI=1S/C13H29N3/c1-13(2,14)8-7-12(15-3)11-6-5-9-16(4)10-11/h11-12,15H,5-10,14H2,1-4H3. The van der Waals surface area contributed by atoms with E-state index in [1.54, 1.807) is 0 Å². The highest BCUT2D eigenvalue weighted by Crippen LogP contribution is 2.22. The van der Waals surface area contributed by atoms with Crippen LogP contribution in [-0.2, 0) is 0 Å². The third-order valence-electron chi connectivity index (χ3n) is 3.70. The second-order valence-corrected chi connectivity index (χ2v) is 6.09. The lowest BCUT2D eigenvalue weighted by molar-refractivity contribution is 0.168. The van der Waals surface area contributed by atoms with Crippen molar-refractivity contribution in [3.05, 3.63) is 0 Å². The normalized spacial score (nSPS) is 25.7. The first-order valence-electron chi connectivity index (χ1n) is 6.57. The molecule has 0 bridgehead atoms. The van der Waals surface area contributed by atoms with Gasteiger partial charge in [-0.25, -0.2) is 0 Å². The van der Waals surface area contributed by atoms with E-state index in [2.05, 4.69) is 38.2 Å². The molecule has 2 unspecified atom stereocenters. The summed E-state index contributed by atoms with van der Waals surface area (Å²) in [4.78, 5) is 2.45. The number of piperidine rings is 1. The monoisotopic (exact) mass is 227 g/mol. The van der Waals surface area contributed by atoms with Crippen LogP contribution in [-0.4, -0.2) is 43.7 Å². The molecule has 0 aromatic carbocycles. The van der Waals surface area contributed by atoms with Crippen LogP contribution in [0.25, 0.3) is 0 Å². The fraction of sp³-hybridized carbons (Fsp3) is 1.00. The first kappa shape index (κ1) is 13.9. The van der Waals surface area contributed by atoms with Gasteiger partial charge in [0.25, 0.3) is 0 Å². The molecule has 0 aromatic heterocycles. The Morgan fingerprint density at radius 1 is 1.50 bits per heavy atom. The number of likely N-dealkylation sites (tertiary alicyclic amines) is 1. The topological polar surface area (TPSA) is 41.3 Å². The summed E-state index contributed by atoms with van der Waals surface area (Å²) in [6.45, 7) is 6.73. The molecular formula is C13H29N3. The van der Waals surface area contributed by atoms with Gasteiger partial charge < -0.3 is 16.0 Å². The van der Waals surface area contributed by atoms with Crippen molar-refractivity contribution in [2.24, 2.45) is 11.7 Å². The van der Waals surface area contributed by atoms with Gasteiger partial charge in [0.15, 0.2) is 0 Å². The highest BCUT2D eigenvalue weighted by molar-refractivity contribution is 4.84. The number of hydrogen-bond donors (Lipinski definition) is 2. The minimum Gasteiger partial charge on any atom is -0.326 e. The molecule has 0 amide bonds. The largest absolute Gasteiger partial charge is 0.326 e. The summed E-state index contributed by atoms with van der Waals surface area (Å²) in [5.74, 6) is 0.797. The summed E-state index contributed by atoms with van der Waals surface area (Å²) in [7, 11) is 4.31. The maximum Gasteiger partial charge on any atom is 0.0105 e. The third kappa shape index (κ3) is 4.81. The lowest BCUT2D eigenvalue weighted by Crippen LogP contribution is -2.44. The molecule has 1 saturated heterocycles. The second-order valence-electron chi connectivity index (χ2n) is 6.09. The highest BCUT2D eigenvalue weighted by atomic mass is 15.1. The summed E-state index contributed by atoms with van der Waals surface area (Å²) in [6.07, 6.45) is 4.99. The minimum absolute atomic E-state index is 0.0321. The van der Waals surface area contributed by atoms with Gasteiger partial charge in [0, 0.05) is 18.1 Å². The van der Waals surface area contributed by atoms with E-state index in [0.29, 0.717) is 6.04 Å². The molecule has 1 aliphatic heterocycles. The molecule has 0 aliphatic carbocycles. The molecule has 0 spiro atoms. The molecule has 0 aromatic rings. The first-order chi connectivity index (χ1) is 7.42. The summed E-state index contributed by atoms with van der Waals surface area (Å²) in [5.41, 5.74) is 6.03. The van der Waals surface area contributed by atoms with Gasteiger partial charge in [-0.2, -0.15) is 0 Å². The Bertz CT molecular complexity index is 198. The van der Waals surface area contributed by atoms with Crippen LogP contribution in [0.2, 0.25) is 0 Å². The highest BCUT2D eigenvalue weighted by Gasteiger charge is 2.25. The van der Waals surface area contributed by atoms with E-state index in [1.807, 2.05) is 0 Å². The van der Waals surface area contributed by atoms with E-state index in [1.165, 1.54) is 32.4 Å². The van der Waals surface area contributed by atoms with E-state index in [0.717, 1.165) is 12.3 Å². The van der Waals surface area contributed by atoms with Gasteiger partial charge in [-0.15, -0.1) is 0 Å². The van der Waals surface area contributed by atoms with Crippen LogP contribution in [0.1, 0.15) is 39.5 Å². The maximum atomic E-state index is 6.06. The summed E-state index contributed by atoms with van der Waals surface area (Å²) >= 11 is 0. The predicted octanol–water partition coefficient (Wildman–Crippen LogP) is 1.43. The minimum atomic E-state index is -0.0321. The number of nitrogens with two attached hydrogens (primary N) is 1. The van der Waals surface area contributed by atoms with Crippen LogP contribution in [0.3, 0.4) is 0 Å². The van der Waals surface area contributed by atoms with E-state index in [-0.39, 0.29) is 5.54 Å². The molecule has 3 heteroatoms. The number of nitrogens with one attached hydrogen (secondary N) is 1. The number of nitrogens with zero attached hydrogens (tertiary/aromatic N) is 1. The van der Waals surface area contributed by atoms with Crippen LogP contribution >= 0.6 is 0 Å². The van der Waals surface area contributed by atoms with Gasteiger partial charge >= 0.3 is 0 Å². The lowest BCUT2D eigenvalue weighted by Gasteiger charge is -2.36. The molecular weight excluding hydrogens is 198 g/mol. The molecule has 16 heavy (non-hydrogen) atoms. The zero-order chi connectivity index (χ0) is 12.2. The van der Waals surface area contributed by atoms with Crippen LogP contribution in [0.4, 0.5) is 0 Å². The molecule has 1 fully saturated rings. The van der Waals surface area contributed by atoms with Gasteiger partial charge in [-0.05, 0) is 66.1 Å². The Kier molecular flexibility index (Phi) is 5.22. The van der Waals surface area contributed by atoms with Crippen LogP contribution < -0.4 is 11.1 Å². The molecule has 3 nitrogen and oxygen atoms in total. The van der Waals surface area contributed by atoms with Crippen molar-refractivity contribution >= 4 is 0 Å². The first-order valence-corrected chi connectivity index (χ1v) is 6.57. The molecule has 0 saturated carbocycles. The second kappa shape index (κ2) is 5.99. The number of hydrogen-bond acceptors (Lipinski definition) is 3. The van der Waals surface area contributed by atoms with E-state index in [4.69, 9.17) is 5.73 Å². The van der Waals surface area contributed by atoms with Crippen molar-refractivity contribution < 1.29 is 0 Å². The van der Waals surface area contributed by atoms with Crippen LogP contribution in [0.15, 0.2) is 0 Å². The van der Waals surface area contributed by atoms with E-state index < -0.39 is 0 Å². The molecule has 96 valence electrons. The third-order valence-corrected chi connectivity index (χ3v) is 3.70. The Morgan fingerprint density at radius 3 is 2.69 bits per heavy atom. The van der Waals surface area contributed by atoms with Crippen molar-refractivity contribution in [3.8, 4) is 0 Å². The Balaban J connectivity index is 2.40. The Morgan fingerprint density at radius 2 is 2.19 bits per heavy atom. The van der Waals surface area contributed by atoms with Gasteiger partial charge in [-0.3, -0.25) is 0 Å². The van der Waals surface area contributed by atoms with Crippen molar-refractivity contribution in [1.29, 1.82) is 0 Å². The van der Waals surface area contributed by atoms with Crippen molar-refractivity contribution in [3.63, 3.8) is 0 Å². The molecule has 1 aliphatic rings. The van der Waals surface area contributed by atoms with Crippen molar-refractivity contribution in [1.82, 2.24) is 10.2 Å². The van der Waals surface area contributed by atoms with E-state index in [9.17, 15) is 0 Å². The number of rotatable bonds is 5.